The van der Waals surface area contributed by atoms with Gasteiger partial charge < -0.3 is 15.5 Å². The Morgan fingerprint density at radius 1 is 1.15 bits per heavy atom. The number of carbonyl (C=O) groups excluding carboxylic acids is 1. The van der Waals surface area contributed by atoms with Crippen LogP contribution in [-0.4, -0.2) is 62.9 Å². The number of primary sulfonamides is 1. The number of nitrogens with zero attached hydrogens (tertiary/aromatic N) is 3. The van der Waals surface area contributed by atoms with Gasteiger partial charge in [0.1, 0.15) is 5.69 Å². The van der Waals surface area contributed by atoms with Gasteiger partial charge >= 0.3 is 0 Å². The molecule has 27 heavy (non-hydrogen) atoms. The Morgan fingerprint density at radius 3 is 2.48 bits per heavy atom. The van der Waals surface area contributed by atoms with Crippen molar-refractivity contribution in [3.8, 4) is 0 Å². The monoisotopic (exact) mass is 392 g/mol. The first-order valence-corrected chi connectivity index (χ1v) is 9.92. The van der Waals surface area contributed by atoms with Crippen LogP contribution >= 0.6 is 0 Å². The topological polar surface area (TPSA) is 130 Å². The Hall–Kier alpha value is -2.56. The zero-order valence-corrected chi connectivity index (χ0v) is 16.2. The van der Waals surface area contributed by atoms with Crippen molar-refractivity contribution in [1.82, 2.24) is 20.2 Å². The first-order chi connectivity index (χ1) is 12.8. The van der Waals surface area contributed by atoms with E-state index in [0.717, 1.165) is 12.1 Å². The summed E-state index contributed by atoms with van der Waals surface area (Å²) in [5.41, 5.74) is 1.17. The first kappa shape index (κ1) is 20.7. The molecule has 0 bridgehead atoms. The quantitative estimate of drug-likeness (QED) is 0.550. The summed E-state index contributed by atoms with van der Waals surface area (Å²) in [6, 6.07) is 7.78. The van der Waals surface area contributed by atoms with Crippen LogP contribution in [0, 0.1) is 0 Å². The predicted molar refractivity (Wildman–Crippen MR) is 103 cm³/mol. The molecular formula is C17H24N6O3S. The highest BCUT2D eigenvalue weighted by atomic mass is 32.2. The van der Waals surface area contributed by atoms with Gasteiger partial charge in [0.05, 0.1) is 4.90 Å². The van der Waals surface area contributed by atoms with Gasteiger partial charge in [0, 0.05) is 25.8 Å². The SMILES string of the molecule is CN(C)CCNc1nccc(C(=O)NCCc2ccc(S(N)(=O)=O)cc2)n1. The lowest BCUT2D eigenvalue weighted by molar-refractivity contribution is 0.0949. The number of carbonyl (C=O) groups is 1. The number of nitrogens with two attached hydrogens (primary N) is 1. The van der Waals surface area contributed by atoms with E-state index in [9.17, 15) is 13.2 Å². The van der Waals surface area contributed by atoms with Crippen LogP contribution < -0.4 is 15.8 Å². The van der Waals surface area contributed by atoms with Crippen LogP contribution in [0.1, 0.15) is 16.1 Å². The van der Waals surface area contributed by atoms with Crippen molar-refractivity contribution >= 4 is 21.9 Å². The standard InChI is InChI=1S/C17H24N6O3S/c1-23(2)12-11-21-17-20-10-8-15(22-17)16(24)19-9-7-13-3-5-14(6-4-13)27(18,25)26/h3-6,8,10H,7,9,11-12H2,1-2H3,(H,19,24)(H2,18,25,26)(H,20,21,22). The molecular weight excluding hydrogens is 368 g/mol. The van der Waals surface area contributed by atoms with Crippen LogP contribution in [0.2, 0.25) is 0 Å². The molecule has 10 heteroatoms. The maximum absolute atomic E-state index is 12.2. The molecule has 1 amide bonds. The second kappa shape index (κ2) is 9.40. The van der Waals surface area contributed by atoms with Crippen molar-refractivity contribution in [3.05, 3.63) is 47.8 Å². The van der Waals surface area contributed by atoms with E-state index in [1.54, 1.807) is 18.2 Å². The highest BCUT2D eigenvalue weighted by Crippen LogP contribution is 2.09. The molecule has 0 unspecified atom stereocenters. The Morgan fingerprint density at radius 2 is 1.85 bits per heavy atom. The molecule has 1 aromatic heterocycles. The van der Waals surface area contributed by atoms with Gasteiger partial charge in [-0.15, -0.1) is 0 Å². The maximum Gasteiger partial charge on any atom is 0.270 e. The maximum atomic E-state index is 12.2. The second-order valence-corrected chi connectivity index (χ2v) is 7.75. The summed E-state index contributed by atoms with van der Waals surface area (Å²) in [4.78, 5) is 22.6. The van der Waals surface area contributed by atoms with Crippen LogP contribution in [0.4, 0.5) is 5.95 Å². The molecule has 1 heterocycles. The fourth-order valence-corrected chi connectivity index (χ4v) is 2.73. The molecule has 0 radical (unpaired) electrons. The van der Waals surface area contributed by atoms with E-state index in [1.165, 1.54) is 18.3 Å². The number of nitrogens with one attached hydrogen (secondary N) is 2. The minimum Gasteiger partial charge on any atom is -0.353 e. The van der Waals surface area contributed by atoms with Crippen molar-refractivity contribution in [2.24, 2.45) is 5.14 Å². The number of hydrogen-bond acceptors (Lipinski definition) is 7. The zero-order valence-electron chi connectivity index (χ0n) is 15.3. The number of rotatable bonds is 9. The van der Waals surface area contributed by atoms with Gasteiger partial charge in [-0.2, -0.15) is 0 Å². The van der Waals surface area contributed by atoms with E-state index in [1.807, 2.05) is 19.0 Å². The molecule has 9 nitrogen and oxygen atoms in total. The minimum absolute atomic E-state index is 0.0607. The highest BCUT2D eigenvalue weighted by molar-refractivity contribution is 7.89. The molecule has 2 aromatic rings. The van der Waals surface area contributed by atoms with Crippen LogP contribution in [0.25, 0.3) is 0 Å². The second-order valence-electron chi connectivity index (χ2n) is 6.19. The van der Waals surface area contributed by atoms with Crippen molar-refractivity contribution in [1.29, 1.82) is 0 Å². The third kappa shape index (κ3) is 6.93. The molecule has 0 aliphatic rings. The van der Waals surface area contributed by atoms with Gasteiger partial charge in [0.25, 0.3) is 5.91 Å². The predicted octanol–water partition coefficient (Wildman–Crippen LogP) is 0.0700. The fourth-order valence-electron chi connectivity index (χ4n) is 2.22. The molecule has 0 aliphatic carbocycles. The zero-order chi connectivity index (χ0) is 19.9. The Bertz CT molecular complexity index is 868. The number of benzene rings is 1. The van der Waals surface area contributed by atoms with E-state index >= 15 is 0 Å². The lowest BCUT2D eigenvalue weighted by Gasteiger charge is -2.10. The van der Waals surface area contributed by atoms with Crippen molar-refractivity contribution < 1.29 is 13.2 Å². The van der Waals surface area contributed by atoms with Crippen molar-refractivity contribution in [2.45, 2.75) is 11.3 Å². The summed E-state index contributed by atoms with van der Waals surface area (Å²) in [5, 5.41) is 10.9. The summed E-state index contributed by atoms with van der Waals surface area (Å²) in [5.74, 6) is 0.109. The number of aromatic nitrogens is 2. The fraction of sp³-hybridized carbons (Fsp3) is 0.353. The minimum atomic E-state index is -3.70. The molecule has 0 spiro atoms. The van der Waals surface area contributed by atoms with Crippen molar-refractivity contribution in [3.63, 3.8) is 0 Å². The van der Waals surface area contributed by atoms with Crippen LogP contribution in [0.3, 0.4) is 0 Å². The van der Waals surface area contributed by atoms with E-state index < -0.39 is 10.0 Å². The van der Waals surface area contributed by atoms with Gasteiger partial charge in [-0.25, -0.2) is 23.5 Å². The average molecular weight is 392 g/mol. The smallest absolute Gasteiger partial charge is 0.270 e. The van der Waals surface area contributed by atoms with Crippen LogP contribution in [0.15, 0.2) is 41.4 Å². The van der Waals surface area contributed by atoms with Gasteiger partial charge in [0.15, 0.2) is 0 Å². The third-order valence-corrected chi connectivity index (χ3v) is 4.61. The normalized spacial score (nSPS) is 11.4. The number of sulfonamides is 1. The summed E-state index contributed by atoms with van der Waals surface area (Å²) in [6.07, 6.45) is 2.08. The van der Waals surface area contributed by atoms with Crippen LogP contribution in [-0.2, 0) is 16.4 Å². The Kier molecular flexibility index (Phi) is 7.22. The number of anilines is 1. The molecule has 0 saturated carbocycles. The van der Waals surface area contributed by atoms with Gasteiger partial charge in [-0.05, 0) is 44.3 Å². The Labute approximate surface area is 159 Å². The van der Waals surface area contributed by atoms with E-state index in [0.29, 0.717) is 25.5 Å². The Balaban J connectivity index is 1.85. The van der Waals surface area contributed by atoms with E-state index in [2.05, 4.69) is 20.6 Å². The van der Waals surface area contributed by atoms with Gasteiger partial charge in [-0.1, -0.05) is 12.1 Å². The molecule has 0 saturated heterocycles. The number of hydrogen-bond donors (Lipinski definition) is 3. The van der Waals surface area contributed by atoms with Crippen molar-refractivity contribution in [2.75, 3.05) is 39.0 Å². The molecule has 0 fully saturated rings. The molecule has 1 aromatic carbocycles. The molecule has 2 rings (SSSR count). The lowest BCUT2D eigenvalue weighted by Crippen LogP contribution is -2.27. The highest BCUT2D eigenvalue weighted by Gasteiger charge is 2.09. The van der Waals surface area contributed by atoms with Gasteiger partial charge in [0.2, 0.25) is 16.0 Å². The largest absolute Gasteiger partial charge is 0.353 e. The summed E-state index contributed by atoms with van der Waals surface area (Å²) in [6.45, 7) is 1.89. The lowest BCUT2D eigenvalue weighted by atomic mass is 10.1. The molecule has 146 valence electrons. The summed E-state index contributed by atoms with van der Waals surface area (Å²) in [7, 11) is 0.236. The third-order valence-electron chi connectivity index (χ3n) is 3.68. The van der Waals surface area contributed by atoms with E-state index in [4.69, 9.17) is 5.14 Å². The number of amides is 1. The summed E-state index contributed by atoms with van der Waals surface area (Å²) >= 11 is 0. The number of likely N-dealkylation sites (N-methyl/N-ethyl adjacent to an activating group) is 1. The molecule has 0 atom stereocenters. The first-order valence-electron chi connectivity index (χ1n) is 8.37. The summed E-state index contributed by atoms with van der Waals surface area (Å²) < 4.78 is 22.5. The van der Waals surface area contributed by atoms with Gasteiger partial charge in [-0.3, -0.25) is 4.79 Å². The average Bonchev–Trinajstić information content (AvgIpc) is 2.61. The molecule has 4 N–H and O–H groups in total. The molecule has 0 aliphatic heterocycles. The van der Waals surface area contributed by atoms with Crippen LogP contribution in [0.5, 0.6) is 0 Å². The van der Waals surface area contributed by atoms with E-state index in [-0.39, 0.29) is 16.5 Å².